The Hall–Kier alpha value is 0.627. The fourth-order valence-electron chi connectivity index (χ4n) is 2.16. The molecule has 0 aromatic heterocycles. The van der Waals surface area contributed by atoms with Gasteiger partial charge in [0.05, 0.1) is 8.07 Å². The van der Waals surface area contributed by atoms with Crippen molar-refractivity contribution >= 4 is 8.07 Å². The Bertz CT molecular complexity index is 332. The second-order valence-corrected chi connectivity index (χ2v) is 9.37. The van der Waals surface area contributed by atoms with Crippen molar-refractivity contribution in [1.29, 1.82) is 0 Å². The molecule has 1 saturated heterocycles. The topological polar surface area (TPSA) is 0 Å². The molecule has 0 atom stereocenters. The summed E-state index contributed by atoms with van der Waals surface area (Å²) in [5, 5.41) is 1.68. The van der Waals surface area contributed by atoms with Gasteiger partial charge >= 0.3 is 25.8 Å². The van der Waals surface area contributed by atoms with E-state index in [0.717, 1.165) is 6.42 Å². The van der Waals surface area contributed by atoms with Gasteiger partial charge < -0.3 is 24.8 Å². The van der Waals surface area contributed by atoms with Crippen molar-refractivity contribution < 1.29 is 50.7 Å². The molecule has 0 saturated carbocycles. The first-order chi connectivity index (χ1) is 7.31. The van der Waals surface area contributed by atoms with Crippen LogP contribution in [0, 0.1) is 12.2 Å². The predicted molar refractivity (Wildman–Crippen MR) is 67.9 cm³/mol. The van der Waals surface area contributed by atoms with Gasteiger partial charge in [-0.05, 0) is 0 Å². The van der Waals surface area contributed by atoms with Crippen LogP contribution in [0.3, 0.4) is 0 Å². The molecule has 2 aliphatic carbocycles. The summed E-state index contributed by atoms with van der Waals surface area (Å²) in [5.41, 5.74) is 0. The van der Waals surface area contributed by atoms with Gasteiger partial charge in [-0.1, -0.05) is 25.1 Å². The molecule has 96 valence electrons. The van der Waals surface area contributed by atoms with Crippen LogP contribution in [0.1, 0.15) is 19.3 Å². The molecule has 18 heavy (non-hydrogen) atoms. The second kappa shape index (κ2) is 10.4. The zero-order valence-electron chi connectivity index (χ0n) is 10.7. The Labute approximate surface area is 143 Å². The summed E-state index contributed by atoms with van der Waals surface area (Å²) >= 11 is 0. The van der Waals surface area contributed by atoms with E-state index in [0.29, 0.717) is 0 Å². The van der Waals surface area contributed by atoms with Crippen LogP contribution in [0.2, 0.25) is 18.6 Å². The summed E-state index contributed by atoms with van der Waals surface area (Å²) < 4.78 is 0. The predicted octanol–water partition coefficient (Wildman–Crippen LogP) is -1.99. The smallest absolute Gasteiger partial charge is 1.00 e. The van der Waals surface area contributed by atoms with E-state index < -0.39 is 8.07 Å². The van der Waals surface area contributed by atoms with Gasteiger partial charge in [0.1, 0.15) is 0 Å². The molecule has 4 heteroatoms. The van der Waals surface area contributed by atoms with E-state index in [2.05, 4.69) is 36.9 Å². The van der Waals surface area contributed by atoms with Crippen molar-refractivity contribution in [1.82, 2.24) is 0 Å². The minimum atomic E-state index is -0.821. The molecule has 0 spiro atoms. The van der Waals surface area contributed by atoms with Gasteiger partial charge in [-0.25, -0.2) is 24.3 Å². The van der Waals surface area contributed by atoms with Gasteiger partial charge in [-0.2, -0.15) is 11.3 Å². The third-order valence-corrected chi connectivity index (χ3v) is 8.19. The minimum Gasteiger partial charge on any atom is -1.00 e. The van der Waals surface area contributed by atoms with Gasteiger partial charge in [0.15, 0.2) is 0 Å². The molecule has 3 aliphatic rings. The Kier molecular flexibility index (Phi) is 12.1. The maximum atomic E-state index is 3.40. The van der Waals surface area contributed by atoms with E-state index in [-0.39, 0.29) is 50.7 Å². The van der Waals surface area contributed by atoms with E-state index in [1.807, 2.05) is 12.2 Å². The average Bonchev–Trinajstić information content (AvgIpc) is 2.89. The summed E-state index contributed by atoms with van der Waals surface area (Å²) in [5.74, 6) is 0. The van der Waals surface area contributed by atoms with Gasteiger partial charge in [0, 0.05) is 0 Å². The molecule has 0 amide bonds. The van der Waals surface area contributed by atoms with Gasteiger partial charge in [-0.15, -0.1) is 12.8 Å². The number of rotatable bonds is 1. The molecule has 0 unspecified atom stereocenters. The normalized spacial score (nSPS) is 20.4. The van der Waals surface area contributed by atoms with Crippen LogP contribution in [0.15, 0.2) is 35.6 Å². The standard InChI is InChI=1S/C9H13Si.C5H5.2ClH.Hf/c1-10(7-4-8-10)9-5-2-3-6-9;1-2-4-5-3-1;;;/h2-3H,4-5,7-8H2,1H3;1-3H,4H2;2*1H;/q2*-1;;;+4/p-2. The molecule has 0 aromatic carbocycles. The number of hydrogen-bond acceptors (Lipinski definition) is 0. The first kappa shape index (κ1) is 20.9. The molecule has 0 radical (unpaired) electrons. The van der Waals surface area contributed by atoms with Gasteiger partial charge in [0.2, 0.25) is 0 Å². The maximum absolute atomic E-state index is 3.40. The fraction of sp³-hybridized carbons (Fsp3) is 0.429. The fourth-order valence-corrected chi connectivity index (χ4v) is 5.23. The molecule has 0 N–H and O–H groups in total. The van der Waals surface area contributed by atoms with Crippen LogP contribution in [-0.2, 0) is 25.8 Å². The summed E-state index contributed by atoms with van der Waals surface area (Å²) in [6.45, 7) is 2.51. The van der Waals surface area contributed by atoms with Crippen LogP contribution in [0.5, 0.6) is 0 Å². The third-order valence-electron chi connectivity index (χ3n) is 3.47. The summed E-state index contributed by atoms with van der Waals surface area (Å²) in [7, 11) is -0.821. The molecule has 0 aromatic rings. The van der Waals surface area contributed by atoms with E-state index in [4.69, 9.17) is 0 Å². The van der Waals surface area contributed by atoms with Crippen molar-refractivity contribution in [3.05, 3.63) is 47.7 Å². The van der Waals surface area contributed by atoms with E-state index >= 15 is 0 Å². The van der Waals surface area contributed by atoms with Crippen molar-refractivity contribution in [2.75, 3.05) is 0 Å². The minimum absolute atomic E-state index is 0. The van der Waals surface area contributed by atoms with Gasteiger partial charge in [0.25, 0.3) is 0 Å². The maximum Gasteiger partial charge on any atom is 4.00 e. The van der Waals surface area contributed by atoms with Crippen molar-refractivity contribution in [3.8, 4) is 0 Å². The molecular weight excluding hydrogens is 446 g/mol. The van der Waals surface area contributed by atoms with E-state index in [9.17, 15) is 0 Å². The summed E-state index contributed by atoms with van der Waals surface area (Å²) in [6, 6.07) is 3.05. The first-order valence-electron chi connectivity index (χ1n) is 5.81. The van der Waals surface area contributed by atoms with Crippen LogP contribution in [0.25, 0.3) is 0 Å². The quantitative estimate of drug-likeness (QED) is 0.312. The molecule has 0 nitrogen and oxygen atoms in total. The Morgan fingerprint density at radius 3 is 2.17 bits per heavy atom. The number of hydrogen-bond donors (Lipinski definition) is 0. The van der Waals surface area contributed by atoms with Gasteiger partial charge in [-0.3, -0.25) is 12.2 Å². The number of allylic oxidation sites excluding steroid dienone is 8. The van der Waals surface area contributed by atoms with Crippen LogP contribution < -0.4 is 24.8 Å². The Balaban J connectivity index is 0. The monoisotopic (exact) mass is 464 g/mol. The second-order valence-electron chi connectivity index (χ2n) is 4.65. The summed E-state index contributed by atoms with van der Waals surface area (Å²) in [6.07, 6.45) is 20.4. The molecule has 0 bridgehead atoms. The third kappa shape index (κ3) is 5.73. The zero-order valence-corrected chi connectivity index (χ0v) is 16.8. The molecule has 1 heterocycles. The molecular formula is C14H18Cl2HfSi. The Morgan fingerprint density at radius 1 is 1.17 bits per heavy atom. The van der Waals surface area contributed by atoms with Crippen molar-refractivity contribution in [3.63, 3.8) is 0 Å². The van der Waals surface area contributed by atoms with Crippen molar-refractivity contribution in [2.24, 2.45) is 0 Å². The molecule has 3 rings (SSSR count). The summed E-state index contributed by atoms with van der Waals surface area (Å²) in [4.78, 5) is 0. The van der Waals surface area contributed by atoms with Crippen molar-refractivity contribution in [2.45, 2.75) is 37.9 Å². The molecule has 1 aliphatic heterocycles. The number of halogens is 2. The van der Waals surface area contributed by atoms with Crippen LogP contribution in [0.4, 0.5) is 0 Å². The Morgan fingerprint density at radius 2 is 1.89 bits per heavy atom. The van der Waals surface area contributed by atoms with Crippen LogP contribution >= 0.6 is 0 Å². The zero-order chi connectivity index (χ0) is 10.6. The van der Waals surface area contributed by atoms with E-state index in [1.165, 1.54) is 24.9 Å². The van der Waals surface area contributed by atoms with E-state index in [1.54, 1.807) is 5.20 Å². The largest absolute Gasteiger partial charge is 4.00 e. The molecule has 1 fully saturated rings. The van der Waals surface area contributed by atoms with Crippen LogP contribution in [-0.4, -0.2) is 8.07 Å². The average molecular weight is 464 g/mol. The first-order valence-corrected chi connectivity index (χ1v) is 8.72. The SMILES string of the molecule is C[Si]1(C2=[C-]C=CC2)CCC1.[C-]1=CC=CC1.[Cl-].[Cl-].[Hf+4].